The Bertz CT molecular complexity index is 1150. The Balaban J connectivity index is 0.000000377. The van der Waals surface area contributed by atoms with Gasteiger partial charge in [0.1, 0.15) is 5.69 Å². The summed E-state index contributed by atoms with van der Waals surface area (Å²) in [5.41, 5.74) is 4.01. The molecule has 2 N–H and O–H groups in total. The first kappa shape index (κ1) is 21.6. The lowest BCUT2D eigenvalue weighted by molar-refractivity contribution is -0.914. The molecule has 0 bridgehead atoms. The summed E-state index contributed by atoms with van der Waals surface area (Å²) in [6.45, 7) is 0. The highest BCUT2D eigenvalue weighted by atomic mass is 32.3. The Morgan fingerprint density at radius 1 is 1.17 bits per heavy atom. The van der Waals surface area contributed by atoms with Crippen LogP contribution in [0.4, 0.5) is 5.69 Å². The number of hydrogen-bond donors (Lipinski definition) is 2. The SMILES string of the molecule is CN1C=N[NH+](C)C1N=Nc1c(-c2ccccc2)[nH]c2ccccc12.COS(=O)(=O)[O-]. The normalized spacial score (nSPS) is 18.7. The van der Waals surface area contributed by atoms with Crippen molar-refractivity contribution in [1.29, 1.82) is 0 Å². The zero-order chi connectivity index (χ0) is 21.7. The molecule has 0 saturated heterocycles. The maximum absolute atomic E-state index is 9.22. The third-order valence-corrected chi connectivity index (χ3v) is 4.82. The number of aromatic amines is 1. The Kier molecular flexibility index (Phi) is 6.57. The van der Waals surface area contributed by atoms with Crippen LogP contribution in [-0.2, 0) is 14.6 Å². The zero-order valence-corrected chi connectivity index (χ0v) is 17.5. The van der Waals surface area contributed by atoms with E-state index in [1.807, 2.05) is 49.3 Å². The highest BCUT2D eigenvalue weighted by molar-refractivity contribution is 7.80. The van der Waals surface area contributed by atoms with Gasteiger partial charge in [-0.1, -0.05) is 53.6 Å². The standard InChI is InChI=1S/C18H18N6.CH4O4S/c1-23-12-19-24(2)18(23)22-21-17-14-10-6-7-11-15(14)20-16(17)13-8-4-3-5-9-13;1-5-6(2,3)4/h3-12,18,20H,1-2H3;1H3,(H,2,3,4). The maximum atomic E-state index is 9.22. The number of nitrogens with zero attached hydrogens (tertiary/aromatic N) is 4. The van der Waals surface area contributed by atoms with E-state index >= 15 is 0 Å². The second-order valence-corrected chi connectivity index (χ2v) is 7.63. The van der Waals surface area contributed by atoms with Crippen molar-refractivity contribution in [2.45, 2.75) is 6.29 Å². The molecule has 158 valence electrons. The van der Waals surface area contributed by atoms with Crippen molar-refractivity contribution >= 4 is 33.3 Å². The predicted molar refractivity (Wildman–Crippen MR) is 112 cm³/mol. The number of azo groups is 1. The molecule has 1 aromatic heterocycles. The Morgan fingerprint density at radius 3 is 2.40 bits per heavy atom. The number of aromatic nitrogens is 1. The van der Waals surface area contributed by atoms with Crippen molar-refractivity contribution in [3.8, 4) is 11.3 Å². The fraction of sp³-hybridized carbons (Fsp3) is 0.211. The first-order valence-corrected chi connectivity index (χ1v) is 10.3. The molecule has 0 aliphatic carbocycles. The van der Waals surface area contributed by atoms with Crippen LogP contribution in [0.15, 0.2) is 69.9 Å². The molecular weight excluding hydrogens is 408 g/mol. The van der Waals surface area contributed by atoms with Crippen LogP contribution in [-0.4, -0.2) is 56.7 Å². The molecule has 0 saturated carbocycles. The third kappa shape index (κ3) is 5.07. The highest BCUT2D eigenvalue weighted by Gasteiger charge is 2.27. The summed E-state index contributed by atoms with van der Waals surface area (Å²) in [4.78, 5) is 5.43. The van der Waals surface area contributed by atoms with Gasteiger partial charge in [0.2, 0.25) is 10.4 Å². The van der Waals surface area contributed by atoms with Crippen LogP contribution >= 0.6 is 0 Å². The van der Waals surface area contributed by atoms with Gasteiger partial charge in [0.05, 0.1) is 19.9 Å². The molecule has 0 fully saturated rings. The summed E-state index contributed by atoms with van der Waals surface area (Å²) >= 11 is 0. The van der Waals surface area contributed by atoms with Gasteiger partial charge in [-0.15, -0.1) is 10.2 Å². The molecular formula is C19H22N6O4S. The third-order valence-electron chi connectivity index (χ3n) is 4.42. The van der Waals surface area contributed by atoms with Gasteiger partial charge in [-0.05, 0) is 6.07 Å². The number of H-pyrrole nitrogens is 1. The number of benzene rings is 2. The summed E-state index contributed by atoms with van der Waals surface area (Å²) in [5.74, 6) is 0. The van der Waals surface area contributed by atoms with Crippen LogP contribution in [0.3, 0.4) is 0 Å². The number of fused-ring (bicyclic) bond motifs is 1. The lowest BCUT2D eigenvalue weighted by atomic mass is 10.1. The molecule has 0 radical (unpaired) electrons. The summed E-state index contributed by atoms with van der Waals surface area (Å²) in [6.07, 6.45) is 1.65. The summed E-state index contributed by atoms with van der Waals surface area (Å²) in [7, 11) is 0.320. The van der Waals surface area contributed by atoms with E-state index in [2.05, 4.69) is 48.8 Å². The molecule has 2 heterocycles. The minimum absolute atomic E-state index is 0.137. The van der Waals surface area contributed by atoms with Crippen molar-refractivity contribution in [1.82, 2.24) is 9.88 Å². The van der Waals surface area contributed by atoms with Crippen LogP contribution in [0.5, 0.6) is 0 Å². The van der Waals surface area contributed by atoms with Gasteiger partial charge >= 0.3 is 6.29 Å². The molecule has 1 aliphatic heterocycles. The van der Waals surface area contributed by atoms with Gasteiger partial charge in [0, 0.05) is 23.5 Å². The largest absolute Gasteiger partial charge is 0.726 e. The monoisotopic (exact) mass is 430 g/mol. The average Bonchev–Trinajstić information content (AvgIpc) is 3.27. The highest BCUT2D eigenvalue weighted by Crippen LogP contribution is 2.37. The average molecular weight is 430 g/mol. The summed E-state index contributed by atoms with van der Waals surface area (Å²) < 4.78 is 31.0. The quantitative estimate of drug-likeness (QED) is 0.370. The summed E-state index contributed by atoms with van der Waals surface area (Å²) in [6, 6.07) is 18.4. The van der Waals surface area contributed by atoms with E-state index in [9.17, 15) is 13.0 Å². The molecule has 2 unspecified atom stereocenters. The molecule has 2 aromatic carbocycles. The lowest BCUT2D eigenvalue weighted by Crippen LogP contribution is -3.07. The van der Waals surface area contributed by atoms with Gasteiger partial charge in [0.15, 0.2) is 6.34 Å². The van der Waals surface area contributed by atoms with E-state index in [0.29, 0.717) is 0 Å². The van der Waals surface area contributed by atoms with Crippen molar-refractivity contribution in [3.63, 3.8) is 0 Å². The van der Waals surface area contributed by atoms with Gasteiger partial charge in [-0.3, -0.25) is 9.08 Å². The van der Waals surface area contributed by atoms with Crippen LogP contribution in [0.1, 0.15) is 0 Å². The van der Waals surface area contributed by atoms with Crippen LogP contribution in [0.25, 0.3) is 22.2 Å². The first-order chi connectivity index (χ1) is 14.3. The molecule has 10 nitrogen and oxygen atoms in total. The van der Waals surface area contributed by atoms with Crippen molar-refractivity contribution < 1.29 is 22.2 Å². The predicted octanol–water partition coefficient (Wildman–Crippen LogP) is 1.70. The summed E-state index contributed by atoms with van der Waals surface area (Å²) in [5, 5.41) is 15.5. The first-order valence-electron chi connectivity index (χ1n) is 8.98. The Labute approximate surface area is 174 Å². The Hall–Kier alpha value is -3.12. The molecule has 30 heavy (non-hydrogen) atoms. The molecule has 4 rings (SSSR count). The number of quaternary nitrogens is 1. The van der Waals surface area contributed by atoms with Crippen molar-refractivity contribution in [2.24, 2.45) is 15.3 Å². The molecule has 2 atom stereocenters. The fourth-order valence-corrected chi connectivity index (χ4v) is 2.93. The van der Waals surface area contributed by atoms with Crippen molar-refractivity contribution in [2.75, 3.05) is 21.2 Å². The van der Waals surface area contributed by atoms with Gasteiger partial charge in [-0.2, -0.15) is 5.01 Å². The topological polar surface area (TPSA) is 127 Å². The number of hydrogen-bond acceptors (Lipinski definition) is 8. The minimum atomic E-state index is -4.41. The number of rotatable bonds is 4. The molecule has 3 aromatic rings. The van der Waals surface area contributed by atoms with Crippen LogP contribution in [0.2, 0.25) is 0 Å². The second kappa shape index (κ2) is 9.13. The van der Waals surface area contributed by atoms with E-state index in [1.165, 1.54) is 0 Å². The second-order valence-electron chi connectivity index (χ2n) is 6.48. The van der Waals surface area contributed by atoms with E-state index in [1.54, 1.807) is 6.34 Å². The van der Waals surface area contributed by atoms with Gasteiger partial charge in [0.25, 0.3) is 0 Å². The Morgan fingerprint density at radius 2 is 1.80 bits per heavy atom. The number of nitrogens with one attached hydrogen (secondary N) is 2. The molecule has 0 spiro atoms. The molecule has 1 aliphatic rings. The van der Waals surface area contributed by atoms with E-state index in [0.717, 1.165) is 40.0 Å². The van der Waals surface area contributed by atoms with Gasteiger partial charge < -0.3 is 9.54 Å². The minimum Gasteiger partial charge on any atom is -0.726 e. The van der Waals surface area contributed by atoms with Crippen LogP contribution in [0, 0.1) is 0 Å². The van der Waals surface area contributed by atoms with Crippen molar-refractivity contribution in [3.05, 3.63) is 54.6 Å². The maximum Gasteiger partial charge on any atom is 0.305 e. The van der Waals surface area contributed by atoms with E-state index < -0.39 is 10.4 Å². The van der Waals surface area contributed by atoms with E-state index in [4.69, 9.17) is 0 Å². The number of para-hydroxylation sites is 1. The fourth-order valence-electron chi connectivity index (χ4n) is 2.93. The zero-order valence-electron chi connectivity index (χ0n) is 16.7. The van der Waals surface area contributed by atoms with E-state index in [-0.39, 0.29) is 6.29 Å². The van der Waals surface area contributed by atoms with Gasteiger partial charge in [-0.25, -0.2) is 8.42 Å². The smallest absolute Gasteiger partial charge is 0.305 e. The molecule has 0 amide bonds. The molecule has 11 heteroatoms. The van der Waals surface area contributed by atoms with Crippen LogP contribution < -0.4 is 5.01 Å². The lowest BCUT2D eigenvalue weighted by Gasteiger charge is -2.13.